The SMILES string of the molecule is CCOC(=O)c1c(C)[nH]c(C(=O)[C@@H](C)[NH2+][C@@H](C)c2ccc(F)cc2F)c1C. The summed E-state index contributed by atoms with van der Waals surface area (Å²) in [5, 5.41) is 1.71. The Kier molecular flexibility index (Phi) is 6.49. The van der Waals surface area contributed by atoms with E-state index >= 15 is 0 Å². The summed E-state index contributed by atoms with van der Waals surface area (Å²) in [4.78, 5) is 27.9. The number of nitrogens with two attached hydrogens (primary N) is 1. The maximum atomic E-state index is 14.0. The van der Waals surface area contributed by atoms with Crippen molar-refractivity contribution in [3.8, 4) is 0 Å². The fourth-order valence-corrected chi connectivity index (χ4v) is 3.23. The third-order valence-corrected chi connectivity index (χ3v) is 4.61. The molecule has 1 aromatic carbocycles. The number of ether oxygens (including phenoxy) is 1. The minimum Gasteiger partial charge on any atom is -0.462 e. The van der Waals surface area contributed by atoms with Gasteiger partial charge in [-0.25, -0.2) is 13.6 Å². The predicted molar refractivity (Wildman–Crippen MR) is 96.7 cm³/mol. The third-order valence-electron chi connectivity index (χ3n) is 4.61. The van der Waals surface area contributed by atoms with Gasteiger partial charge in [0.1, 0.15) is 23.7 Å². The summed E-state index contributed by atoms with van der Waals surface area (Å²) >= 11 is 0. The van der Waals surface area contributed by atoms with Crippen molar-refractivity contribution in [1.29, 1.82) is 0 Å². The van der Waals surface area contributed by atoms with Gasteiger partial charge in [-0.2, -0.15) is 0 Å². The van der Waals surface area contributed by atoms with Crippen molar-refractivity contribution in [2.45, 2.75) is 46.7 Å². The lowest BCUT2D eigenvalue weighted by Crippen LogP contribution is -2.91. The largest absolute Gasteiger partial charge is 0.462 e. The number of esters is 1. The standard InChI is InChI=1S/C20H24F2N2O3/c1-6-27-20(26)17-10(2)18(24-12(17)4)19(25)13(5)23-11(3)15-8-7-14(21)9-16(15)22/h7-9,11,13,23-24H,6H2,1-5H3/p+1/t11-,13+/m0/s1. The van der Waals surface area contributed by atoms with Crippen LogP contribution in [0, 0.1) is 25.5 Å². The number of rotatable bonds is 7. The fourth-order valence-electron chi connectivity index (χ4n) is 3.23. The molecule has 7 heteroatoms. The first kappa shape index (κ1) is 20.8. The van der Waals surface area contributed by atoms with Crippen molar-refractivity contribution in [2.75, 3.05) is 6.61 Å². The van der Waals surface area contributed by atoms with Gasteiger partial charge in [-0.15, -0.1) is 0 Å². The van der Waals surface area contributed by atoms with Crippen LogP contribution in [0.1, 0.15) is 64.5 Å². The summed E-state index contributed by atoms with van der Waals surface area (Å²) < 4.78 is 32.1. The number of nitrogens with one attached hydrogen (secondary N) is 1. The van der Waals surface area contributed by atoms with Gasteiger partial charge in [0.15, 0.2) is 0 Å². The first-order valence-electron chi connectivity index (χ1n) is 8.87. The van der Waals surface area contributed by atoms with Gasteiger partial charge in [-0.1, -0.05) is 0 Å². The van der Waals surface area contributed by atoms with Crippen LogP contribution in [0.5, 0.6) is 0 Å². The molecule has 2 aromatic rings. The van der Waals surface area contributed by atoms with Gasteiger partial charge >= 0.3 is 5.97 Å². The van der Waals surface area contributed by atoms with Crippen LogP contribution in [0.3, 0.4) is 0 Å². The lowest BCUT2D eigenvalue weighted by molar-refractivity contribution is -0.709. The Bertz CT molecular complexity index is 861. The molecule has 2 rings (SSSR count). The molecule has 146 valence electrons. The van der Waals surface area contributed by atoms with Crippen molar-refractivity contribution in [2.24, 2.45) is 0 Å². The molecular weight excluding hydrogens is 354 g/mol. The molecule has 0 saturated carbocycles. The zero-order valence-corrected chi connectivity index (χ0v) is 16.2. The van der Waals surface area contributed by atoms with Crippen molar-refractivity contribution in [3.05, 3.63) is 57.9 Å². The Morgan fingerprint density at radius 1 is 1.22 bits per heavy atom. The quantitative estimate of drug-likeness (QED) is 0.574. The van der Waals surface area contributed by atoms with Crippen LogP contribution in [0.15, 0.2) is 18.2 Å². The highest BCUT2D eigenvalue weighted by Gasteiger charge is 2.29. The average molecular weight is 379 g/mol. The van der Waals surface area contributed by atoms with Crippen molar-refractivity contribution in [3.63, 3.8) is 0 Å². The van der Waals surface area contributed by atoms with Crippen LogP contribution < -0.4 is 5.32 Å². The number of carbonyl (C=O) groups is 2. The molecule has 3 N–H and O–H groups in total. The number of hydrogen-bond donors (Lipinski definition) is 2. The number of aromatic amines is 1. The number of Topliss-reactive ketones (excluding diaryl/α,β-unsaturated/α-hetero) is 1. The monoisotopic (exact) mass is 379 g/mol. The van der Waals surface area contributed by atoms with Crippen molar-refractivity contribution >= 4 is 11.8 Å². The Labute approximate surface area is 157 Å². The number of hydrogen-bond acceptors (Lipinski definition) is 3. The number of aromatic nitrogens is 1. The molecule has 0 aliphatic rings. The molecule has 0 saturated heterocycles. The Morgan fingerprint density at radius 3 is 2.48 bits per heavy atom. The van der Waals surface area contributed by atoms with Gasteiger partial charge in [-0.3, -0.25) is 4.79 Å². The maximum absolute atomic E-state index is 14.0. The first-order valence-corrected chi connectivity index (χ1v) is 8.87. The molecular formula is C20H25F2N2O3+. The Balaban J connectivity index is 2.20. The number of aryl methyl sites for hydroxylation is 1. The second kappa shape index (κ2) is 8.43. The van der Waals surface area contributed by atoms with Gasteiger partial charge in [0, 0.05) is 17.3 Å². The lowest BCUT2D eigenvalue weighted by Gasteiger charge is -2.17. The number of H-pyrrole nitrogens is 1. The molecule has 0 spiro atoms. The fraction of sp³-hybridized carbons (Fsp3) is 0.400. The van der Waals surface area contributed by atoms with Crippen LogP contribution in [0.2, 0.25) is 0 Å². The molecule has 1 aromatic heterocycles. The highest BCUT2D eigenvalue weighted by Crippen LogP contribution is 2.20. The Morgan fingerprint density at radius 2 is 1.89 bits per heavy atom. The maximum Gasteiger partial charge on any atom is 0.340 e. The van der Waals surface area contributed by atoms with Crippen LogP contribution in [-0.4, -0.2) is 29.4 Å². The minimum absolute atomic E-state index is 0.208. The van der Waals surface area contributed by atoms with E-state index in [0.29, 0.717) is 28.1 Å². The van der Waals surface area contributed by atoms with Crippen LogP contribution in [-0.2, 0) is 4.74 Å². The second-order valence-electron chi connectivity index (χ2n) is 6.65. The summed E-state index contributed by atoms with van der Waals surface area (Å²) in [6.07, 6.45) is 0. The second-order valence-corrected chi connectivity index (χ2v) is 6.65. The molecule has 0 bridgehead atoms. The number of halogens is 2. The van der Waals surface area contributed by atoms with Gasteiger partial charge in [0.05, 0.1) is 17.9 Å². The van der Waals surface area contributed by atoms with Gasteiger partial charge < -0.3 is 15.0 Å². The van der Waals surface area contributed by atoms with E-state index in [9.17, 15) is 18.4 Å². The smallest absolute Gasteiger partial charge is 0.340 e. The van der Waals surface area contributed by atoms with Gasteiger partial charge in [0.2, 0.25) is 5.78 Å². The molecule has 0 aliphatic heterocycles. The van der Waals surface area contributed by atoms with E-state index in [1.165, 1.54) is 12.1 Å². The minimum atomic E-state index is -0.644. The molecule has 0 fully saturated rings. The van der Waals surface area contributed by atoms with Gasteiger partial charge in [-0.05, 0) is 52.3 Å². The van der Waals surface area contributed by atoms with E-state index in [0.717, 1.165) is 6.07 Å². The number of ketones is 1. The molecule has 1 heterocycles. The Hall–Kier alpha value is -2.54. The van der Waals surface area contributed by atoms with E-state index in [2.05, 4.69) is 4.98 Å². The van der Waals surface area contributed by atoms with Crippen LogP contribution in [0.25, 0.3) is 0 Å². The number of benzene rings is 1. The van der Waals surface area contributed by atoms with E-state index in [4.69, 9.17) is 4.74 Å². The predicted octanol–water partition coefficient (Wildman–Crippen LogP) is 2.98. The normalized spacial score (nSPS) is 13.3. The number of carbonyl (C=O) groups excluding carboxylic acids is 2. The highest BCUT2D eigenvalue weighted by atomic mass is 19.1. The van der Waals surface area contributed by atoms with Crippen LogP contribution in [0.4, 0.5) is 8.78 Å². The molecule has 0 amide bonds. The summed E-state index contributed by atoms with van der Waals surface area (Å²) in [6.45, 7) is 8.82. The summed E-state index contributed by atoms with van der Waals surface area (Å²) in [6, 6.07) is 2.49. The molecule has 2 atom stereocenters. The first-order chi connectivity index (χ1) is 12.7. The topological polar surface area (TPSA) is 75.8 Å². The van der Waals surface area contributed by atoms with E-state index < -0.39 is 23.6 Å². The molecule has 0 radical (unpaired) electrons. The summed E-state index contributed by atoms with van der Waals surface area (Å²) in [5.41, 5.74) is 2.13. The summed E-state index contributed by atoms with van der Waals surface area (Å²) in [5.74, 6) is -1.96. The van der Waals surface area contributed by atoms with Crippen LogP contribution >= 0.6 is 0 Å². The molecule has 0 unspecified atom stereocenters. The zero-order chi connectivity index (χ0) is 20.3. The van der Waals surface area contributed by atoms with Gasteiger partial charge in [0.25, 0.3) is 0 Å². The number of quaternary nitrogens is 1. The highest BCUT2D eigenvalue weighted by molar-refractivity contribution is 6.03. The average Bonchev–Trinajstić information content (AvgIpc) is 2.88. The molecule has 27 heavy (non-hydrogen) atoms. The zero-order valence-electron chi connectivity index (χ0n) is 16.2. The summed E-state index contributed by atoms with van der Waals surface area (Å²) in [7, 11) is 0. The van der Waals surface area contributed by atoms with E-state index in [-0.39, 0.29) is 18.4 Å². The molecule has 0 aliphatic carbocycles. The third kappa shape index (κ3) is 4.42. The molecule has 5 nitrogen and oxygen atoms in total. The van der Waals surface area contributed by atoms with E-state index in [1.807, 2.05) is 0 Å². The van der Waals surface area contributed by atoms with E-state index in [1.54, 1.807) is 39.9 Å². The lowest BCUT2D eigenvalue weighted by atomic mass is 10.0. The van der Waals surface area contributed by atoms with Crippen molar-refractivity contribution in [1.82, 2.24) is 4.98 Å². The van der Waals surface area contributed by atoms with Crippen molar-refractivity contribution < 1.29 is 28.4 Å².